The first-order valence-corrected chi connectivity index (χ1v) is 15.6. The van der Waals surface area contributed by atoms with E-state index in [1.165, 1.54) is 23.2 Å². The Hall–Kier alpha value is -2.88. The third-order valence-electron chi connectivity index (χ3n) is 6.75. The van der Waals surface area contributed by atoms with Gasteiger partial charge in [0.15, 0.2) is 23.9 Å². The van der Waals surface area contributed by atoms with Crippen LogP contribution in [0.15, 0.2) is 36.7 Å². The highest BCUT2D eigenvalue weighted by atomic mass is 31.3. The van der Waals surface area contributed by atoms with Gasteiger partial charge in [-0.3, -0.25) is 18.4 Å². The van der Waals surface area contributed by atoms with E-state index in [4.69, 9.17) is 26.8 Å². The molecule has 0 radical (unpaired) electrons. The molecule has 2 fully saturated rings. The summed E-state index contributed by atoms with van der Waals surface area (Å²) in [6.45, 7) is -1.84. The number of aromatic nitrogens is 4. The summed E-state index contributed by atoms with van der Waals surface area (Å²) in [5.41, 5.74) is 11.2. The van der Waals surface area contributed by atoms with E-state index < -0.39 is 90.2 Å². The van der Waals surface area contributed by atoms with Crippen LogP contribution < -0.4 is 11.5 Å². The van der Waals surface area contributed by atoms with Crippen LogP contribution in [0.1, 0.15) is 14.0 Å². The molecule has 0 spiro atoms. The number of carbonyl (C=O) groups is 1. The van der Waals surface area contributed by atoms with E-state index in [-0.39, 0.29) is 22.6 Å². The van der Waals surface area contributed by atoms with E-state index in [9.17, 15) is 44.1 Å². The summed E-state index contributed by atoms with van der Waals surface area (Å²) < 4.78 is 58.6. The number of nitrogen functional groups attached to an aromatic ring is 1. The number of amides is 1. The molecule has 23 heteroatoms. The van der Waals surface area contributed by atoms with Crippen LogP contribution in [0.25, 0.3) is 11.2 Å². The third kappa shape index (κ3) is 6.70. The second-order valence-corrected chi connectivity index (χ2v) is 12.7. The maximum absolute atomic E-state index is 12.4. The van der Waals surface area contributed by atoms with Crippen LogP contribution in [0.5, 0.6) is 0 Å². The Kier molecular flexibility index (Phi) is 8.83. The van der Waals surface area contributed by atoms with Gasteiger partial charge in [0.2, 0.25) is 5.91 Å². The predicted octanol–water partition coefficient (Wildman–Crippen LogP) is -2.69. The molecule has 21 nitrogen and oxygen atoms in total. The minimum Gasteiger partial charge on any atom is -0.387 e. The lowest BCUT2D eigenvalue weighted by atomic mass is 10.1. The van der Waals surface area contributed by atoms with E-state index in [1.807, 2.05) is 0 Å². The molecule has 0 saturated carbocycles. The van der Waals surface area contributed by atoms with Crippen LogP contribution in [0.4, 0.5) is 5.82 Å². The lowest BCUT2D eigenvalue weighted by Gasteiger charge is -2.28. The van der Waals surface area contributed by atoms with Gasteiger partial charge in [-0.15, -0.1) is 0 Å². The van der Waals surface area contributed by atoms with Crippen molar-refractivity contribution in [3.63, 3.8) is 0 Å². The van der Waals surface area contributed by atoms with Gasteiger partial charge >= 0.3 is 15.6 Å². The Labute approximate surface area is 248 Å². The molecule has 0 aliphatic carbocycles. The number of hydrogen-bond acceptors (Lipinski definition) is 17. The zero-order valence-corrected chi connectivity index (χ0v) is 24.0. The number of hydrogen-bond donors (Lipinski definition) is 8. The summed E-state index contributed by atoms with van der Waals surface area (Å²) in [6, 6.07) is 0. The molecule has 5 rings (SSSR count). The van der Waals surface area contributed by atoms with Gasteiger partial charge in [-0.05, 0) is 6.40 Å². The van der Waals surface area contributed by atoms with Crippen LogP contribution in [0, 0.1) is 0 Å². The van der Waals surface area contributed by atoms with E-state index in [0.717, 1.165) is 17.4 Å². The predicted molar refractivity (Wildman–Crippen MR) is 142 cm³/mol. The van der Waals surface area contributed by atoms with Crippen molar-refractivity contribution >= 4 is 38.5 Å². The molecule has 242 valence electrons. The number of nitrogens with zero attached hydrogens (tertiary/aromatic N) is 5. The van der Waals surface area contributed by atoms with Gasteiger partial charge in [0.25, 0.3) is 0 Å². The van der Waals surface area contributed by atoms with Crippen LogP contribution in [-0.2, 0) is 36.8 Å². The minimum absolute atomic E-state index is 0.0451. The summed E-state index contributed by atoms with van der Waals surface area (Å²) in [5, 5.41) is 41.7. The number of fused-ring (bicyclic) bond motifs is 1. The van der Waals surface area contributed by atoms with Crippen molar-refractivity contribution in [2.45, 2.75) is 55.5 Å². The Morgan fingerprint density at radius 3 is 2.20 bits per heavy atom. The molecule has 3 aliphatic rings. The number of allylic oxidation sites excluding steroid dienone is 1. The molecule has 3 aliphatic heterocycles. The molecule has 1 amide bonds. The topological polar surface area (TPSA) is 318 Å². The molecule has 5 heterocycles. The highest BCUT2D eigenvalue weighted by molar-refractivity contribution is 7.61. The van der Waals surface area contributed by atoms with E-state index >= 15 is 0 Å². The highest BCUT2D eigenvalue weighted by Gasteiger charge is 2.48. The number of primary amides is 1. The average Bonchev–Trinajstić information content (AvgIpc) is 3.61. The van der Waals surface area contributed by atoms with Crippen molar-refractivity contribution in [1.82, 2.24) is 24.4 Å². The fourth-order valence-corrected chi connectivity index (χ4v) is 6.67. The number of phosphoric ester groups is 2. The van der Waals surface area contributed by atoms with Gasteiger partial charge in [0.1, 0.15) is 48.5 Å². The van der Waals surface area contributed by atoms with Crippen molar-refractivity contribution < 1.29 is 68.3 Å². The first kappa shape index (κ1) is 31.1. The Morgan fingerprint density at radius 1 is 1.00 bits per heavy atom. The highest BCUT2D eigenvalue weighted by Crippen LogP contribution is 2.60. The zero-order chi connectivity index (χ0) is 32.8. The smallest absolute Gasteiger partial charge is 0.387 e. The fourth-order valence-electron chi connectivity index (χ4n) is 4.58. The second kappa shape index (κ2) is 12.5. The largest absolute Gasteiger partial charge is 0.481 e. The number of phosphoric acid groups is 2. The van der Waals surface area contributed by atoms with E-state index in [0.29, 0.717) is 0 Å². The standard InChI is InChI=1S/C21H29N7O14P2/c22-17-12-19(25-7-24-17)28(8-26-12)21-16(32)14(30)11(41-21)6-39-44(36,37)42-43(34,35)38-5-10-13(29)15(31)20(40-10)27-3-1-2-9(4-27)18(23)33/h1,3-4,7-8,10-11,13-16,20-21,29-32H,2,5-6H2,(H2,23,33)(H,34,35)(H,36,37)(H2,22,24,25)/t10-,11-,13-,14-,15-,16-,20-,21-/m1/s1/i2T/t2-,10-,11-,13-,14-,15-,16-,20-,21-. The molecule has 44 heavy (non-hydrogen) atoms. The molecular weight excluding hydrogens is 636 g/mol. The van der Waals surface area contributed by atoms with E-state index in [1.54, 1.807) is 0 Å². The second-order valence-electron chi connectivity index (χ2n) is 9.69. The van der Waals surface area contributed by atoms with Gasteiger partial charge in [-0.25, -0.2) is 24.1 Å². The lowest BCUT2D eigenvalue weighted by Crippen LogP contribution is -2.40. The molecule has 0 bridgehead atoms. The Morgan fingerprint density at radius 2 is 1.59 bits per heavy atom. The average molecular weight is 667 g/mol. The van der Waals surface area contributed by atoms with Gasteiger partial charge in [0, 0.05) is 19.3 Å². The van der Waals surface area contributed by atoms with Crippen molar-refractivity contribution in [1.29, 1.82) is 0 Å². The molecule has 2 unspecified atom stereocenters. The molecule has 10 N–H and O–H groups in total. The van der Waals surface area contributed by atoms with Crippen molar-refractivity contribution in [3.8, 4) is 0 Å². The number of anilines is 1. The van der Waals surface area contributed by atoms with Crippen LogP contribution in [0.3, 0.4) is 0 Å². The van der Waals surface area contributed by atoms with Crippen LogP contribution >= 0.6 is 15.6 Å². The lowest BCUT2D eigenvalue weighted by molar-refractivity contribution is -0.115. The summed E-state index contributed by atoms with van der Waals surface area (Å²) in [5.74, 6) is -0.854. The first-order chi connectivity index (χ1) is 21.1. The monoisotopic (exact) mass is 667 g/mol. The number of rotatable bonds is 11. The summed E-state index contributed by atoms with van der Waals surface area (Å²) in [4.78, 5) is 44.6. The summed E-state index contributed by atoms with van der Waals surface area (Å²) in [6.07, 6.45) is -7.15. The maximum Gasteiger partial charge on any atom is 0.481 e. The normalized spacial score (nSPS) is 35.3. The first-order valence-electron chi connectivity index (χ1n) is 13.2. The molecular formula is C21H29N7O14P2. The molecule has 2 aromatic rings. The number of aliphatic hydroxyl groups excluding tert-OH is 4. The van der Waals surface area contributed by atoms with Crippen LogP contribution in [-0.4, -0.2) is 117 Å². The zero-order valence-electron chi connectivity index (χ0n) is 23.2. The van der Waals surface area contributed by atoms with E-state index in [2.05, 4.69) is 23.8 Å². The fraction of sp³-hybridized carbons (Fsp3) is 0.524. The molecule has 2 saturated heterocycles. The van der Waals surface area contributed by atoms with Crippen LogP contribution in [0.2, 0.25) is 0 Å². The number of aliphatic hydroxyl groups is 4. The number of ether oxygens (including phenoxy) is 2. The quantitative estimate of drug-likeness (QED) is 0.113. The Balaban J connectivity index is 1.15. The maximum atomic E-state index is 12.4. The summed E-state index contributed by atoms with van der Waals surface area (Å²) in [7, 11) is -10.8. The summed E-state index contributed by atoms with van der Waals surface area (Å²) >= 11 is 0. The van der Waals surface area contributed by atoms with Gasteiger partial charge in [-0.2, -0.15) is 4.31 Å². The van der Waals surface area contributed by atoms with Crippen molar-refractivity contribution in [2.75, 3.05) is 18.9 Å². The molecule has 11 atom stereocenters. The number of carbonyl (C=O) groups excluding carboxylic acids is 1. The number of imidazole rings is 1. The van der Waals surface area contributed by atoms with Crippen molar-refractivity contribution in [3.05, 3.63) is 36.7 Å². The SMILES string of the molecule is [3H][C@@H]1C=CN([C@@H]2O[C@H](COP(=O)(O)OP(=O)(O)OC[C@H]3O[C@@H](n4cnc5c(N)ncnc54)[C@H](O)[C@@H]3O)[C@@H](O)[C@H]2O)C=C1C(N)=O. The third-order valence-corrected chi connectivity index (χ3v) is 9.35. The van der Waals surface area contributed by atoms with Gasteiger partial charge in [0.05, 0.1) is 19.5 Å². The molecule has 2 aromatic heterocycles. The number of nitrogens with two attached hydrogens (primary N) is 2. The molecule has 0 aromatic carbocycles. The van der Waals surface area contributed by atoms with Crippen molar-refractivity contribution in [2.24, 2.45) is 5.73 Å². The van der Waals surface area contributed by atoms with Gasteiger partial charge < -0.3 is 56.1 Å². The van der Waals surface area contributed by atoms with Gasteiger partial charge in [-0.1, -0.05) is 6.08 Å². The minimum atomic E-state index is -5.40. The Bertz CT molecular complexity index is 1600.